The summed E-state index contributed by atoms with van der Waals surface area (Å²) in [5, 5.41) is 13.5. The van der Waals surface area contributed by atoms with E-state index < -0.39 is 10.8 Å². The Bertz CT molecular complexity index is 983. The highest BCUT2D eigenvalue weighted by Crippen LogP contribution is 2.26. The van der Waals surface area contributed by atoms with Gasteiger partial charge in [-0.1, -0.05) is 43.3 Å². The molecule has 140 valence electrons. The lowest BCUT2D eigenvalue weighted by molar-refractivity contribution is 0.315. The van der Waals surface area contributed by atoms with E-state index in [1.165, 1.54) is 0 Å². The van der Waals surface area contributed by atoms with Crippen LogP contribution >= 0.6 is 0 Å². The Hall–Kier alpha value is -2.70. The van der Waals surface area contributed by atoms with Crippen LogP contribution in [0, 0.1) is 5.41 Å². The van der Waals surface area contributed by atoms with Crippen LogP contribution in [-0.4, -0.2) is 28.9 Å². The predicted octanol–water partition coefficient (Wildman–Crippen LogP) is 3.54. The maximum Gasteiger partial charge on any atom is 0.133 e. The van der Waals surface area contributed by atoms with Gasteiger partial charge in [0.05, 0.1) is 4.90 Å². The van der Waals surface area contributed by atoms with Crippen molar-refractivity contribution in [3.8, 4) is 5.75 Å². The van der Waals surface area contributed by atoms with Crippen LogP contribution in [0.2, 0.25) is 0 Å². The Morgan fingerprint density at radius 1 is 1.15 bits per heavy atom. The third kappa shape index (κ3) is 4.35. The first-order valence-corrected chi connectivity index (χ1v) is 9.98. The summed E-state index contributed by atoms with van der Waals surface area (Å²) in [5.74, 6) is 0.608. The van der Waals surface area contributed by atoms with Crippen LogP contribution in [0.15, 0.2) is 65.6 Å². The number of nitrogen functional groups attached to an aromatic ring is 1. The average molecular weight is 382 g/mol. The van der Waals surface area contributed by atoms with Gasteiger partial charge in [0.1, 0.15) is 28.2 Å². The smallest absolute Gasteiger partial charge is 0.133 e. The molecule has 0 saturated heterocycles. The first-order chi connectivity index (χ1) is 13.1. The fraction of sp³-hybridized carbons (Fsp3) is 0.190. The highest BCUT2D eigenvalue weighted by molar-refractivity contribution is 8.01. The van der Waals surface area contributed by atoms with Gasteiger partial charge in [0, 0.05) is 17.8 Å². The van der Waals surface area contributed by atoms with Gasteiger partial charge in [0.15, 0.2) is 0 Å². The van der Waals surface area contributed by atoms with Crippen molar-refractivity contribution >= 4 is 32.3 Å². The van der Waals surface area contributed by atoms with Crippen molar-refractivity contribution < 1.29 is 8.95 Å². The van der Waals surface area contributed by atoms with E-state index in [0.717, 1.165) is 23.9 Å². The van der Waals surface area contributed by atoms with Gasteiger partial charge in [0.2, 0.25) is 0 Å². The van der Waals surface area contributed by atoms with E-state index in [2.05, 4.69) is 5.32 Å². The molecule has 3 aromatic carbocycles. The van der Waals surface area contributed by atoms with Crippen molar-refractivity contribution in [3.05, 3.63) is 66.2 Å². The molecule has 0 aliphatic heterocycles. The van der Waals surface area contributed by atoms with Crippen molar-refractivity contribution in [1.29, 1.82) is 5.41 Å². The lowest BCUT2D eigenvalue weighted by Gasteiger charge is -2.12. The number of fused-ring (bicyclic) bond motifs is 1. The summed E-state index contributed by atoms with van der Waals surface area (Å²) >= 11 is 0. The van der Waals surface area contributed by atoms with Gasteiger partial charge in [-0.2, -0.15) is 0 Å². The topological polar surface area (TPSA) is 88.2 Å². The molecule has 27 heavy (non-hydrogen) atoms. The zero-order valence-corrected chi connectivity index (χ0v) is 16.0. The van der Waals surface area contributed by atoms with E-state index in [-0.39, 0.29) is 5.04 Å². The summed E-state index contributed by atoms with van der Waals surface area (Å²) in [4.78, 5) is 0.607. The van der Waals surface area contributed by atoms with Crippen LogP contribution in [0.4, 0.5) is 5.69 Å². The number of nitrogens with two attached hydrogens (primary N) is 1. The summed E-state index contributed by atoms with van der Waals surface area (Å²) in [6.45, 7) is 4.16. The molecule has 6 heteroatoms. The van der Waals surface area contributed by atoms with Gasteiger partial charge in [-0.3, -0.25) is 5.41 Å². The minimum absolute atomic E-state index is 0.0269. The SMILES string of the molecule is CCNCCOc1ccc(N)c(C(=N)S(=O)c2cccc3ccccc23)c1. The van der Waals surface area contributed by atoms with E-state index in [9.17, 15) is 4.21 Å². The maximum atomic E-state index is 13.1. The molecular weight excluding hydrogens is 358 g/mol. The first kappa shape index (κ1) is 19.1. The van der Waals surface area contributed by atoms with Gasteiger partial charge in [-0.25, -0.2) is 4.21 Å². The number of rotatable bonds is 7. The van der Waals surface area contributed by atoms with Crippen LogP contribution in [0.3, 0.4) is 0 Å². The molecule has 0 heterocycles. The van der Waals surface area contributed by atoms with Gasteiger partial charge in [-0.15, -0.1) is 0 Å². The standard InChI is InChI=1S/C21H23N3O2S/c1-2-24-12-13-26-16-10-11-19(22)18(14-16)21(23)27(25)20-9-5-7-15-6-3-4-8-17(15)20/h3-11,14,23-24H,2,12-13,22H2,1H3. The molecule has 5 nitrogen and oxygen atoms in total. The molecule has 4 N–H and O–H groups in total. The van der Waals surface area contributed by atoms with Crippen molar-refractivity contribution in [1.82, 2.24) is 5.32 Å². The van der Waals surface area contributed by atoms with E-state index >= 15 is 0 Å². The van der Waals surface area contributed by atoms with Crippen LogP contribution in [0.25, 0.3) is 10.8 Å². The molecule has 0 amide bonds. The number of nitrogens with one attached hydrogen (secondary N) is 2. The summed E-state index contributed by atoms with van der Waals surface area (Å²) < 4.78 is 18.8. The van der Waals surface area contributed by atoms with Gasteiger partial charge in [0.25, 0.3) is 0 Å². The van der Waals surface area contributed by atoms with E-state index in [4.69, 9.17) is 15.9 Å². The molecule has 3 aromatic rings. The predicted molar refractivity (Wildman–Crippen MR) is 112 cm³/mol. The number of hydrogen-bond acceptors (Lipinski definition) is 5. The molecule has 1 atom stereocenters. The monoisotopic (exact) mass is 381 g/mol. The van der Waals surface area contributed by atoms with Crippen molar-refractivity contribution in [3.63, 3.8) is 0 Å². The molecule has 0 bridgehead atoms. The van der Waals surface area contributed by atoms with Crippen LogP contribution in [0.1, 0.15) is 12.5 Å². The zero-order chi connectivity index (χ0) is 19.2. The quantitative estimate of drug-likeness (QED) is 0.253. The second-order valence-corrected chi connectivity index (χ2v) is 7.41. The molecule has 0 aromatic heterocycles. The fourth-order valence-electron chi connectivity index (χ4n) is 2.81. The van der Waals surface area contributed by atoms with E-state index in [1.54, 1.807) is 24.3 Å². The number of benzene rings is 3. The lowest BCUT2D eigenvalue weighted by Crippen LogP contribution is -2.20. The lowest BCUT2D eigenvalue weighted by atomic mass is 10.1. The van der Waals surface area contributed by atoms with Crippen molar-refractivity contribution in [2.24, 2.45) is 0 Å². The maximum absolute atomic E-state index is 13.1. The zero-order valence-electron chi connectivity index (χ0n) is 15.2. The highest BCUT2D eigenvalue weighted by atomic mass is 32.2. The fourth-order valence-corrected chi connectivity index (χ4v) is 3.99. The normalized spacial score (nSPS) is 12.0. The van der Waals surface area contributed by atoms with Crippen molar-refractivity contribution in [2.75, 3.05) is 25.4 Å². The Morgan fingerprint density at radius 3 is 2.74 bits per heavy atom. The molecule has 0 fully saturated rings. The third-order valence-corrected chi connectivity index (χ3v) is 5.55. The Kier molecular flexibility index (Phi) is 6.21. The van der Waals surface area contributed by atoms with E-state index in [1.807, 2.05) is 43.3 Å². The van der Waals surface area contributed by atoms with Gasteiger partial charge < -0.3 is 15.8 Å². The second kappa shape index (κ2) is 8.79. The molecule has 0 aliphatic carbocycles. The number of anilines is 1. The molecule has 1 unspecified atom stereocenters. The Balaban J connectivity index is 1.87. The Labute approximate surface area is 161 Å². The minimum Gasteiger partial charge on any atom is -0.492 e. The molecule has 3 rings (SSSR count). The van der Waals surface area contributed by atoms with Crippen LogP contribution in [-0.2, 0) is 10.8 Å². The number of ether oxygens (including phenoxy) is 1. The van der Waals surface area contributed by atoms with Crippen LogP contribution in [0.5, 0.6) is 5.75 Å². The highest BCUT2D eigenvalue weighted by Gasteiger charge is 2.18. The summed E-state index contributed by atoms with van der Waals surface area (Å²) in [7, 11) is -1.65. The number of hydrogen-bond donors (Lipinski definition) is 3. The van der Waals surface area contributed by atoms with Crippen LogP contribution < -0.4 is 15.8 Å². The van der Waals surface area contributed by atoms with E-state index in [0.29, 0.717) is 28.5 Å². The first-order valence-electron chi connectivity index (χ1n) is 8.83. The molecule has 0 aliphatic rings. The summed E-state index contributed by atoms with van der Waals surface area (Å²) in [6.07, 6.45) is 0. The molecule has 0 radical (unpaired) electrons. The molecular formula is C21H23N3O2S. The largest absolute Gasteiger partial charge is 0.492 e. The van der Waals surface area contributed by atoms with Crippen molar-refractivity contribution in [2.45, 2.75) is 11.8 Å². The second-order valence-electron chi connectivity index (χ2n) is 6.03. The Morgan fingerprint density at radius 2 is 1.93 bits per heavy atom. The summed E-state index contributed by atoms with van der Waals surface area (Å²) in [6, 6.07) is 18.5. The molecule has 0 spiro atoms. The van der Waals surface area contributed by atoms with Gasteiger partial charge >= 0.3 is 0 Å². The third-order valence-electron chi connectivity index (χ3n) is 4.20. The minimum atomic E-state index is -1.65. The number of likely N-dealkylation sites (N-methyl/N-ethyl adjacent to an activating group) is 1. The van der Waals surface area contributed by atoms with Gasteiger partial charge in [-0.05, 0) is 41.6 Å². The molecule has 0 saturated carbocycles. The summed E-state index contributed by atoms with van der Waals surface area (Å²) in [5.41, 5.74) is 6.89. The average Bonchev–Trinajstić information content (AvgIpc) is 2.71.